The van der Waals surface area contributed by atoms with Gasteiger partial charge in [0.15, 0.2) is 5.43 Å². The number of hydrogen-bond acceptors (Lipinski definition) is 1. The molecule has 14 heavy (non-hydrogen) atoms. The summed E-state index contributed by atoms with van der Waals surface area (Å²) >= 11 is 6.03. The lowest BCUT2D eigenvalue weighted by Gasteiger charge is -2.03. The molecule has 0 saturated heterocycles. The summed E-state index contributed by atoms with van der Waals surface area (Å²) in [5, 5.41) is 1.41. The molecule has 2 rings (SSSR count). The molecule has 0 atom stereocenters. The summed E-state index contributed by atoms with van der Waals surface area (Å²) in [6.07, 6.45) is 2.47. The molecule has 2 nitrogen and oxygen atoms in total. The van der Waals surface area contributed by atoms with Crippen LogP contribution >= 0.6 is 11.6 Å². The van der Waals surface area contributed by atoms with Crippen molar-refractivity contribution in [3.63, 3.8) is 0 Å². The van der Waals surface area contributed by atoms with E-state index in [0.717, 1.165) is 17.5 Å². The van der Waals surface area contributed by atoms with Crippen LogP contribution in [0.3, 0.4) is 0 Å². The molecule has 0 aliphatic rings. The Morgan fingerprint density at radius 1 is 1.43 bits per heavy atom. The smallest absolute Gasteiger partial charge is 0.189 e. The van der Waals surface area contributed by atoms with E-state index in [-0.39, 0.29) is 5.43 Å². The molecule has 2 aromatic rings. The Labute approximate surface area is 86.5 Å². The number of fused-ring (bicyclic) bond motifs is 1. The largest absolute Gasteiger partial charge is 0.361 e. The molecular formula is C11H10ClNO. The Hall–Kier alpha value is -1.28. The molecule has 1 heterocycles. The first-order valence-electron chi connectivity index (χ1n) is 4.52. The van der Waals surface area contributed by atoms with Crippen molar-refractivity contribution in [3.8, 4) is 0 Å². The van der Waals surface area contributed by atoms with Crippen molar-refractivity contribution in [2.45, 2.75) is 13.3 Å². The fourth-order valence-electron chi connectivity index (χ4n) is 1.51. The maximum atomic E-state index is 11.5. The van der Waals surface area contributed by atoms with Crippen molar-refractivity contribution in [2.75, 3.05) is 0 Å². The van der Waals surface area contributed by atoms with Gasteiger partial charge < -0.3 is 4.98 Å². The molecule has 3 heteroatoms. The van der Waals surface area contributed by atoms with Gasteiger partial charge in [-0.2, -0.15) is 0 Å². The molecule has 0 unspecified atom stereocenters. The number of hydrogen-bond donors (Lipinski definition) is 1. The van der Waals surface area contributed by atoms with Crippen molar-refractivity contribution in [1.82, 2.24) is 4.98 Å². The third-order valence-electron chi connectivity index (χ3n) is 2.31. The highest BCUT2D eigenvalue weighted by atomic mass is 35.5. The highest BCUT2D eigenvalue weighted by Crippen LogP contribution is 2.21. The number of pyridine rings is 1. The van der Waals surface area contributed by atoms with Gasteiger partial charge in [0.25, 0.3) is 0 Å². The Morgan fingerprint density at radius 3 is 2.93 bits per heavy atom. The molecule has 1 aromatic heterocycles. The van der Waals surface area contributed by atoms with E-state index in [2.05, 4.69) is 4.98 Å². The van der Waals surface area contributed by atoms with E-state index in [1.54, 1.807) is 12.3 Å². The zero-order valence-corrected chi connectivity index (χ0v) is 8.56. The average molecular weight is 208 g/mol. The van der Waals surface area contributed by atoms with Gasteiger partial charge in [-0.15, -0.1) is 0 Å². The van der Waals surface area contributed by atoms with Crippen LogP contribution in [0.15, 0.2) is 29.2 Å². The zero-order chi connectivity index (χ0) is 10.1. The lowest BCUT2D eigenvalue weighted by Crippen LogP contribution is -2.00. The van der Waals surface area contributed by atoms with Crippen molar-refractivity contribution in [2.24, 2.45) is 0 Å². The predicted octanol–water partition coefficient (Wildman–Crippen LogP) is 2.74. The number of halogens is 1. The number of benzene rings is 1. The second-order valence-electron chi connectivity index (χ2n) is 3.18. The molecule has 0 saturated carbocycles. The van der Waals surface area contributed by atoms with Gasteiger partial charge in [-0.1, -0.05) is 18.5 Å². The third-order valence-corrected chi connectivity index (χ3v) is 2.66. The first-order chi connectivity index (χ1) is 6.72. The van der Waals surface area contributed by atoms with E-state index in [4.69, 9.17) is 11.6 Å². The number of aromatic nitrogens is 1. The van der Waals surface area contributed by atoms with Gasteiger partial charge in [0.05, 0.1) is 5.52 Å². The topological polar surface area (TPSA) is 32.9 Å². The van der Waals surface area contributed by atoms with Crippen LogP contribution in [0.25, 0.3) is 10.9 Å². The zero-order valence-electron chi connectivity index (χ0n) is 7.80. The summed E-state index contributed by atoms with van der Waals surface area (Å²) < 4.78 is 0. The van der Waals surface area contributed by atoms with Gasteiger partial charge in [-0.25, -0.2) is 0 Å². The van der Waals surface area contributed by atoms with Crippen LogP contribution in [-0.2, 0) is 6.42 Å². The molecule has 0 bridgehead atoms. The fraction of sp³-hybridized carbons (Fsp3) is 0.182. The fourth-order valence-corrected chi connectivity index (χ4v) is 1.81. The van der Waals surface area contributed by atoms with Gasteiger partial charge in [0.2, 0.25) is 0 Å². The van der Waals surface area contributed by atoms with Crippen LogP contribution in [0.4, 0.5) is 0 Å². The van der Waals surface area contributed by atoms with Gasteiger partial charge >= 0.3 is 0 Å². The quantitative estimate of drug-likeness (QED) is 0.767. The standard InChI is InChI=1S/C11H10ClNO/c1-2-7-5-8-10(6-9(7)12)13-4-3-11(8)14/h3-6H,2H2,1H3,(H,13,14). The van der Waals surface area contributed by atoms with Gasteiger partial charge in [-0.05, 0) is 24.1 Å². The lowest BCUT2D eigenvalue weighted by atomic mass is 10.1. The monoisotopic (exact) mass is 207 g/mol. The third kappa shape index (κ3) is 1.42. The molecule has 0 radical (unpaired) electrons. The highest BCUT2D eigenvalue weighted by Gasteiger charge is 2.03. The molecule has 1 aromatic carbocycles. The summed E-state index contributed by atoms with van der Waals surface area (Å²) in [5.74, 6) is 0. The van der Waals surface area contributed by atoms with Crippen molar-refractivity contribution >= 4 is 22.5 Å². The summed E-state index contributed by atoms with van der Waals surface area (Å²) in [6, 6.07) is 5.18. The minimum Gasteiger partial charge on any atom is -0.361 e. The SMILES string of the molecule is CCc1cc2c(=O)cc[nH]c2cc1Cl. The molecule has 72 valence electrons. The van der Waals surface area contributed by atoms with Crippen LogP contribution in [-0.4, -0.2) is 4.98 Å². The Morgan fingerprint density at radius 2 is 2.21 bits per heavy atom. The highest BCUT2D eigenvalue weighted by molar-refractivity contribution is 6.32. The van der Waals surface area contributed by atoms with Crippen LogP contribution in [0.2, 0.25) is 5.02 Å². The minimum atomic E-state index is 0.0325. The van der Waals surface area contributed by atoms with E-state index < -0.39 is 0 Å². The number of aryl methyl sites for hydroxylation is 1. The average Bonchev–Trinajstić information content (AvgIpc) is 2.17. The van der Waals surface area contributed by atoms with E-state index >= 15 is 0 Å². The number of H-pyrrole nitrogens is 1. The molecule has 0 amide bonds. The molecule has 0 aliphatic carbocycles. The van der Waals surface area contributed by atoms with E-state index in [9.17, 15) is 4.79 Å². The Bertz CT molecular complexity index is 530. The van der Waals surface area contributed by atoms with Gasteiger partial charge in [-0.3, -0.25) is 4.79 Å². The Balaban J connectivity index is 2.87. The second-order valence-corrected chi connectivity index (χ2v) is 3.59. The summed E-state index contributed by atoms with van der Waals surface area (Å²) in [5.41, 5.74) is 1.83. The molecule has 1 N–H and O–H groups in total. The molecule has 0 aliphatic heterocycles. The normalized spacial score (nSPS) is 10.7. The predicted molar refractivity (Wildman–Crippen MR) is 59.0 cm³/mol. The first kappa shape index (κ1) is 9.28. The van der Waals surface area contributed by atoms with Crippen molar-refractivity contribution in [1.29, 1.82) is 0 Å². The van der Waals surface area contributed by atoms with Crippen molar-refractivity contribution < 1.29 is 0 Å². The molecule has 0 spiro atoms. The van der Waals surface area contributed by atoms with Crippen LogP contribution in [0, 0.1) is 0 Å². The number of rotatable bonds is 1. The van der Waals surface area contributed by atoms with E-state index in [1.165, 1.54) is 6.07 Å². The van der Waals surface area contributed by atoms with Crippen LogP contribution in [0.1, 0.15) is 12.5 Å². The minimum absolute atomic E-state index is 0.0325. The second kappa shape index (κ2) is 3.46. The van der Waals surface area contributed by atoms with Gasteiger partial charge in [0, 0.05) is 22.7 Å². The van der Waals surface area contributed by atoms with E-state index in [0.29, 0.717) is 10.4 Å². The molecule has 0 fully saturated rings. The summed E-state index contributed by atoms with van der Waals surface area (Å²) in [6.45, 7) is 2.02. The number of aromatic amines is 1. The lowest BCUT2D eigenvalue weighted by molar-refractivity contribution is 1.14. The number of nitrogens with one attached hydrogen (secondary N) is 1. The molecular weight excluding hydrogens is 198 g/mol. The summed E-state index contributed by atoms with van der Waals surface area (Å²) in [4.78, 5) is 14.5. The van der Waals surface area contributed by atoms with Crippen molar-refractivity contribution in [3.05, 3.63) is 45.2 Å². The van der Waals surface area contributed by atoms with Crippen LogP contribution in [0.5, 0.6) is 0 Å². The Kier molecular flexibility index (Phi) is 2.30. The summed E-state index contributed by atoms with van der Waals surface area (Å²) in [7, 11) is 0. The van der Waals surface area contributed by atoms with E-state index in [1.807, 2.05) is 13.0 Å². The first-order valence-corrected chi connectivity index (χ1v) is 4.90. The maximum absolute atomic E-state index is 11.5. The maximum Gasteiger partial charge on any atom is 0.189 e. The van der Waals surface area contributed by atoms with Crippen LogP contribution < -0.4 is 5.43 Å². The van der Waals surface area contributed by atoms with Gasteiger partial charge in [0.1, 0.15) is 0 Å².